The van der Waals surface area contributed by atoms with E-state index in [-0.39, 0.29) is 6.04 Å². The molecule has 0 fully saturated rings. The minimum Gasteiger partial charge on any atom is -0.452 e. The first kappa shape index (κ1) is 11.4. The van der Waals surface area contributed by atoms with Gasteiger partial charge >= 0.3 is 6.09 Å². The van der Waals surface area contributed by atoms with Crippen LogP contribution in [0.25, 0.3) is 6.08 Å². The molecule has 0 aliphatic carbocycles. The number of hydrogen-bond donors (Lipinski definition) is 0. The molecular formula is C13H13NO3. The highest BCUT2D eigenvalue weighted by Crippen LogP contribution is 2.32. The van der Waals surface area contributed by atoms with Gasteiger partial charge in [0.25, 0.3) is 0 Å². The van der Waals surface area contributed by atoms with Crippen molar-refractivity contribution in [3.8, 4) is 0 Å². The Morgan fingerprint density at radius 3 is 2.76 bits per heavy atom. The normalized spacial score (nSPS) is 18.1. The van der Waals surface area contributed by atoms with Crippen LogP contribution in [0, 0.1) is 0 Å². The minimum absolute atomic E-state index is 0.310. The minimum atomic E-state index is -0.461. The van der Waals surface area contributed by atoms with Gasteiger partial charge in [-0.15, -0.1) is 0 Å². The Labute approximate surface area is 99.5 Å². The van der Waals surface area contributed by atoms with Gasteiger partial charge in [-0.1, -0.05) is 18.2 Å². The van der Waals surface area contributed by atoms with E-state index in [0.717, 1.165) is 17.5 Å². The number of carbonyl (C=O) groups excluding carboxylic acids is 2. The summed E-state index contributed by atoms with van der Waals surface area (Å²) in [5, 5.41) is 0. The molecule has 0 radical (unpaired) electrons. The number of nitrogens with zero attached hydrogens (tertiary/aromatic N) is 1. The number of amides is 1. The lowest BCUT2D eigenvalue weighted by molar-refractivity contribution is -0.105. The molecule has 4 nitrogen and oxygen atoms in total. The number of anilines is 1. The molecule has 1 heterocycles. The molecule has 0 saturated heterocycles. The zero-order chi connectivity index (χ0) is 12.4. The molecule has 88 valence electrons. The zero-order valence-corrected chi connectivity index (χ0v) is 9.71. The quantitative estimate of drug-likeness (QED) is 0.696. The third kappa shape index (κ3) is 1.82. The molecule has 1 atom stereocenters. The van der Waals surface area contributed by atoms with Crippen molar-refractivity contribution in [2.75, 3.05) is 12.0 Å². The van der Waals surface area contributed by atoms with Gasteiger partial charge in [-0.3, -0.25) is 9.69 Å². The lowest BCUT2D eigenvalue weighted by Gasteiger charge is -2.32. The van der Waals surface area contributed by atoms with Gasteiger partial charge in [0.1, 0.15) is 6.29 Å². The van der Waals surface area contributed by atoms with Crippen molar-refractivity contribution >= 4 is 24.1 Å². The van der Waals surface area contributed by atoms with Gasteiger partial charge in [-0.05, 0) is 24.6 Å². The molecule has 0 bridgehead atoms. The SMILES string of the molecule is COC(=O)N1c2ccccc2C=C(C=O)[C@@H]1C. The van der Waals surface area contributed by atoms with E-state index in [0.29, 0.717) is 5.57 Å². The Balaban J connectivity index is 2.57. The second-order valence-corrected chi connectivity index (χ2v) is 3.84. The van der Waals surface area contributed by atoms with Gasteiger partial charge in [0.05, 0.1) is 18.8 Å². The summed E-state index contributed by atoms with van der Waals surface area (Å²) < 4.78 is 4.75. The van der Waals surface area contributed by atoms with Crippen molar-refractivity contribution in [2.24, 2.45) is 0 Å². The topological polar surface area (TPSA) is 46.6 Å². The molecule has 1 aliphatic heterocycles. The number of para-hydroxylation sites is 1. The van der Waals surface area contributed by atoms with Gasteiger partial charge in [0.15, 0.2) is 0 Å². The molecule has 0 unspecified atom stereocenters. The van der Waals surface area contributed by atoms with E-state index in [1.165, 1.54) is 12.0 Å². The first-order chi connectivity index (χ1) is 8.19. The summed E-state index contributed by atoms with van der Waals surface area (Å²) >= 11 is 0. The number of fused-ring (bicyclic) bond motifs is 1. The van der Waals surface area contributed by atoms with Gasteiger partial charge < -0.3 is 4.74 Å². The molecular weight excluding hydrogens is 218 g/mol. The number of benzene rings is 1. The Morgan fingerprint density at radius 2 is 2.12 bits per heavy atom. The lowest BCUT2D eigenvalue weighted by atomic mass is 9.98. The van der Waals surface area contributed by atoms with E-state index in [2.05, 4.69) is 0 Å². The molecule has 0 aromatic heterocycles. The number of ether oxygens (including phenoxy) is 1. The van der Waals surface area contributed by atoms with Crippen LogP contribution >= 0.6 is 0 Å². The summed E-state index contributed by atoms with van der Waals surface area (Å²) in [5.74, 6) is 0. The first-order valence-corrected chi connectivity index (χ1v) is 5.32. The number of hydrogen-bond acceptors (Lipinski definition) is 3. The summed E-state index contributed by atoms with van der Waals surface area (Å²) in [6, 6.07) is 7.10. The van der Waals surface area contributed by atoms with Crippen molar-refractivity contribution in [2.45, 2.75) is 13.0 Å². The zero-order valence-electron chi connectivity index (χ0n) is 9.71. The summed E-state index contributed by atoms with van der Waals surface area (Å²) in [6.07, 6.45) is 2.11. The highest BCUT2D eigenvalue weighted by molar-refractivity contribution is 5.99. The average Bonchev–Trinajstić information content (AvgIpc) is 2.37. The Bertz CT molecular complexity index is 493. The maximum atomic E-state index is 11.8. The smallest absolute Gasteiger partial charge is 0.414 e. The maximum absolute atomic E-state index is 11.8. The van der Waals surface area contributed by atoms with Crippen LogP contribution in [0.15, 0.2) is 29.8 Å². The van der Waals surface area contributed by atoms with Crippen LogP contribution in [0.2, 0.25) is 0 Å². The van der Waals surface area contributed by atoms with E-state index in [9.17, 15) is 9.59 Å². The fourth-order valence-electron chi connectivity index (χ4n) is 1.97. The molecule has 0 spiro atoms. The standard InChI is InChI=1S/C13H13NO3/c1-9-11(8-15)7-10-5-3-4-6-12(10)14(9)13(16)17-2/h3-9H,1-2H3/t9-/m0/s1. The van der Waals surface area contributed by atoms with Crippen molar-refractivity contribution in [1.82, 2.24) is 0 Å². The number of aldehydes is 1. The maximum Gasteiger partial charge on any atom is 0.414 e. The van der Waals surface area contributed by atoms with Crippen LogP contribution in [0.5, 0.6) is 0 Å². The monoisotopic (exact) mass is 231 g/mol. The fourth-order valence-corrected chi connectivity index (χ4v) is 1.97. The van der Waals surface area contributed by atoms with Crippen LogP contribution in [-0.2, 0) is 9.53 Å². The summed E-state index contributed by atoms with van der Waals surface area (Å²) in [5.41, 5.74) is 2.17. The van der Waals surface area contributed by atoms with Gasteiger partial charge in [-0.2, -0.15) is 0 Å². The Hall–Kier alpha value is -2.10. The van der Waals surface area contributed by atoms with Gasteiger partial charge in [0.2, 0.25) is 0 Å². The van der Waals surface area contributed by atoms with Crippen LogP contribution in [0.1, 0.15) is 12.5 Å². The van der Waals surface area contributed by atoms with Gasteiger partial charge in [-0.25, -0.2) is 4.79 Å². The Kier molecular flexibility index (Phi) is 2.95. The van der Waals surface area contributed by atoms with E-state index < -0.39 is 6.09 Å². The number of methoxy groups -OCH3 is 1. The summed E-state index contributed by atoms with van der Waals surface area (Å²) in [6.45, 7) is 1.80. The molecule has 1 aliphatic rings. The lowest BCUT2D eigenvalue weighted by Crippen LogP contribution is -2.42. The average molecular weight is 231 g/mol. The van der Waals surface area contributed by atoms with Crippen LogP contribution < -0.4 is 4.90 Å². The molecule has 1 aromatic rings. The molecule has 2 rings (SSSR count). The second kappa shape index (κ2) is 4.41. The van der Waals surface area contributed by atoms with Crippen LogP contribution in [0.3, 0.4) is 0 Å². The molecule has 1 aromatic carbocycles. The van der Waals surface area contributed by atoms with E-state index in [1.54, 1.807) is 13.0 Å². The van der Waals surface area contributed by atoms with Crippen molar-refractivity contribution in [3.63, 3.8) is 0 Å². The van der Waals surface area contributed by atoms with Gasteiger partial charge in [0, 0.05) is 5.57 Å². The predicted octanol–water partition coefficient (Wildman–Crippen LogP) is 2.24. The predicted molar refractivity (Wildman–Crippen MR) is 64.8 cm³/mol. The first-order valence-electron chi connectivity index (χ1n) is 5.32. The number of rotatable bonds is 1. The Morgan fingerprint density at radius 1 is 1.41 bits per heavy atom. The third-order valence-corrected chi connectivity index (χ3v) is 2.90. The largest absolute Gasteiger partial charge is 0.452 e. The van der Waals surface area contributed by atoms with Crippen LogP contribution in [0.4, 0.5) is 10.5 Å². The van der Waals surface area contributed by atoms with Crippen molar-refractivity contribution < 1.29 is 14.3 Å². The van der Waals surface area contributed by atoms with Crippen LogP contribution in [-0.4, -0.2) is 25.5 Å². The summed E-state index contributed by atoms with van der Waals surface area (Å²) in [7, 11) is 1.33. The second-order valence-electron chi connectivity index (χ2n) is 3.84. The molecule has 0 N–H and O–H groups in total. The van der Waals surface area contributed by atoms with E-state index in [4.69, 9.17) is 4.74 Å². The number of carbonyl (C=O) groups is 2. The molecule has 17 heavy (non-hydrogen) atoms. The van der Waals surface area contributed by atoms with E-state index >= 15 is 0 Å². The molecule has 1 amide bonds. The van der Waals surface area contributed by atoms with Crippen molar-refractivity contribution in [3.05, 3.63) is 35.4 Å². The third-order valence-electron chi connectivity index (χ3n) is 2.90. The highest BCUT2D eigenvalue weighted by atomic mass is 16.5. The van der Waals surface area contributed by atoms with E-state index in [1.807, 2.05) is 24.3 Å². The van der Waals surface area contributed by atoms with Crippen molar-refractivity contribution in [1.29, 1.82) is 0 Å². The molecule has 0 saturated carbocycles. The fraction of sp³-hybridized carbons (Fsp3) is 0.231. The summed E-state index contributed by atoms with van der Waals surface area (Å²) in [4.78, 5) is 24.2. The highest BCUT2D eigenvalue weighted by Gasteiger charge is 2.30. The molecule has 4 heteroatoms.